The number of carbonyl (C=O) groups excluding carboxylic acids is 1. The van der Waals surface area contributed by atoms with Gasteiger partial charge in [-0.25, -0.2) is 9.97 Å². The van der Waals surface area contributed by atoms with E-state index in [2.05, 4.69) is 15.3 Å². The van der Waals surface area contributed by atoms with Gasteiger partial charge in [-0.15, -0.1) is 0 Å². The number of anilines is 1. The number of hydrogen-bond donors (Lipinski definition) is 2. The lowest BCUT2D eigenvalue weighted by Gasteiger charge is -2.32. The molecule has 0 unspecified atom stereocenters. The normalized spacial score (nSPS) is 19.1. The smallest absolute Gasteiger partial charge is 0.255 e. The maximum absolute atomic E-state index is 13.0. The summed E-state index contributed by atoms with van der Waals surface area (Å²) in [7, 11) is 0. The summed E-state index contributed by atoms with van der Waals surface area (Å²) in [5.74, 6) is -0.149. The number of nitrogen functional groups attached to an aromatic ring is 1. The highest BCUT2D eigenvalue weighted by Crippen LogP contribution is 2.22. The lowest BCUT2D eigenvalue weighted by atomic mass is 10.0. The average Bonchev–Trinajstić information content (AvgIpc) is 2.69. The van der Waals surface area contributed by atoms with Crippen LogP contribution in [-0.2, 0) is 9.47 Å². The van der Waals surface area contributed by atoms with Gasteiger partial charge in [-0.05, 0) is 20.3 Å². The second-order valence-electron chi connectivity index (χ2n) is 6.95. The van der Waals surface area contributed by atoms with Gasteiger partial charge in [0, 0.05) is 18.4 Å². The first-order valence-corrected chi connectivity index (χ1v) is 9.36. The summed E-state index contributed by atoms with van der Waals surface area (Å²) < 4.78 is 11.5. The summed E-state index contributed by atoms with van der Waals surface area (Å²) in [6, 6.07) is 9.20. The molecule has 1 aliphatic heterocycles. The van der Waals surface area contributed by atoms with E-state index in [9.17, 15) is 4.79 Å². The minimum Gasteiger partial charge on any atom is -0.379 e. The molecular weight excluding hydrogens is 356 g/mol. The molecule has 1 fully saturated rings. The van der Waals surface area contributed by atoms with Crippen molar-refractivity contribution < 1.29 is 14.3 Å². The summed E-state index contributed by atoms with van der Waals surface area (Å²) in [6.07, 6.45) is 4.10. The van der Waals surface area contributed by atoms with Crippen molar-refractivity contribution in [2.24, 2.45) is 0 Å². The Morgan fingerprint density at radius 1 is 1.36 bits per heavy atom. The molecule has 1 amide bonds. The molecule has 0 bridgehead atoms. The Morgan fingerprint density at radius 2 is 2.14 bits per heavy atom. The third-order valence-corrected chi connectivity index (χ3v) is 4.51. The molecule has 7 heteroatoms. The number of benzene rings is 1. The predicted octanol–water partition coefficient (Wildman–Crippen LogP) is 2.60. The summed E-state index contributed by atoms with van der Waals surface area (Å²) in [4.78, 5) is 21.3. The predicted molar refractivity (Wildman–Crippen MR) is 108 cm³/mol. The maximum atomic E-state index is 13.0. The van der Waals surface area contributed by atoms with Crippen LogP contribution in [0.15, 0.2) is 48.2 Å². The number of aromatic nitrogens is 2. The molecule has 0 aliphatic carbocycles. The van der Waals surface area contributed by atoms with Crippen LogP contribution in [0.3, 0.4) is 0 Å². The van der Waals surface area contributed by atoms with E-state index < -0.39 is 0 Å². The summed E-state index contributed by atoms with van der Waals surface area (Å²) in [6.45, 7) is 5.59. The topological polar surface area (TPSA) is 99.4 Å². The van der Waals surface area contributed by atoms with Gasteiger partial charge in [-0.2, -0.15) is 0 Å². The Hall–Kier alpha value is -2.77. The molecule has 28 heavy (non-hydrogen) atoms. The summed E-state index contributed by atoms with van der Waals surface area (Å²) in [5.41, 5.74) is 8.62. The van der Waals surface area contributed by atoms with Crippen LogP contribution in [0.2, 0.25) is 0 Å². The standard InChI is InChI=1S/C21H26N4O3/c1-14(2)8-11-28-18-9-10-27-13-17(18)24-20(26)16-12-23-21(22)25-19(16)15-6-4-3-5-7-15/h3-8,12,17-18H,9-11,13H2,1-2H3,(H,24,26)(H2,22,23,25)/t17-,18+/m0/s1. The number of ether oxygens (including phenoxy) is 2. The van der Waals surface area contributed by atoms with Crippen molar-refractivity contribution in [1.29, 1.82) is 0 Å². The van der Waals surface area contributed by atoms with Crippen LogP contribution in [0.1, 0.15) is 30.6 Å². The fraction of sp³-hybridized carbons (Fsp3) is 0.381. The van der Waals surface area contributed by atoms with Crippen LogP contribution in [0, 0.1) is 0 Å². The Morgan fingerprint density at radius 3 is 2.89 bits per heavy atom. The minimum atomic E-state index is -0.273. The quantitative estimate of drug-likeness (QED) is 0.745. The Kier molecular flexibility index (Phi) is 6.73. The number of hydrogen-bond acceptors (Lipinski definition) is 6. The van der Waals surface area contributed by atoms with Gasteiger partial charge in [-0.1, -0.05) is 42.0 Å². The first kappa shape index (κ1) is 20.0. The molecule has 0 radical (unpaired) electrons. The molecule has 2 heterocycles. The molecule has 2 atom stereocenters. The molecule has 7 nitrogen and oxygen atoms in total. The average molecular weight is 382 g/mol. The van der Waals surface area contributed by atoms with Gasteiger partial charge in [0.2, 0.25) is 5.95 Å². The maximum Gasteiger partial charge on any atom is 0.255 e. The molecule has 3 N–H and O–H groups in total. The third-order valence-electron chi connectivity index (χ3n) is 4.51. The van der Waals surface area contributed by atoms with Crippen LogP contribution in [0.4, 0.5) is 5.95 Å². The van der Waals surface area contributed by atoms with E-state index in [0.717, 1.165) is 12.0 Å². The van der Waals surface area contributed by atoms with Crippen molar-refractivity contribution in [2.45, 2.75) is 32.4 Å². The van der Waals surface area contributed by atoms with Gasteiger partial charge in [-0.3, -0.25) is 4.79 Å². The fourth-order valence-electron chi connectivity index (χ4n) is 3.01. The van der Waals surface area contributed by atoms with Crippen molar-refractivity contribution >= 4 is 11.9 Å². The molecule has 3 rings (SSSR count). The number of nitrogens with two attached hydrogens (primary N) is 1. The second kappa shape index (κ2) is 9.43. The van der Waals surface area contributed by atoms with E-state index in [1.54, 1.807) is 0 Å². The van der Waals surface area contributed by atoms with Crippen LogP contribution in [0.5, 0.6) is 0 Å². The van der Waals surface area contributed by atoms with E-state index in [1.807, 2.05) is 50.3 Å². The first-order chi connectivity index (χ1) is 13.5. The van der Waals surface area contributed by atoms with E-state index in [4.69, 9.17) is 15.2 Å². The summed E-state index contributed by atoms with van der Waals surface area (Å²) >= 11 is 0. The molecule has 1 aromatic carbocycles. The zero-order chi connectivity index (χ0) is 19.9. The van der Waals surface area contributed by atoms with Gasteiger partial charge >= 0.3 is 0 Å². The van der Waals surface area contributed by atoms with Crippen LogP contribution in [0.25, 0.3) is 11.3 Å². The van der Waals surface area contributed by atoms with Gasteiger partial charge in [0.25, 0.3) is 5.91 Å². The molecule has 0 spiro atoms. The largest absolute Gasteiger partial charge is 0.379 e. The van der Waals surface area contributed by atoms with Crippen molar-refractivity contribution in [3.8, 4) is 11.3 Å². The van der Waals surface area contributed by atoms with Crippen molar-refractivity contribution in [3.05, 3.63) is 53.7 Å². The van der Waals surface area contributed by atoms with Crippen molar-refractivity contribution in [2.75, 3.05) is 25.6 Å². The van der Waals surface area contributed by atoms with Gasteiger partial charge in [0.05, 0.1) is 36.6 Å². The molecular formula is C21H26N4O3. The van der Waals surface area contributed by atoms with Gasteiger partial charge < -0.3 is 20.5 Å². The highest BCUT2D eigenvalue weighted by atomic mass is 16.5. The fourth-order valence-corrected chi connectivity index (χ4v) is 3.01. The molecule has 2 aromatic rings. The third kappa shape index (κ3) is 5.15. The highest BCUT2D eigenvalue weighted by Gasteiger charge is 2.29. The van der Waals surface area contributed by atoms with Gasteiger partial charge in [0.15, 0.2) is 0 Å². The molecule has 148 valence electrons. The Balaban J connectivity index is 1.77. The number of allylic oxidation sites excluding steroid dienone is 1. The SMILES string of the molecule is CC(C)=CCO[C@@H]1CCOC[C@@H]1NC(=O)c1cnc(N)nc1-c1ccccc1. The van der Waals surface area contributed by atoms with Crippen LogP contribution in [-0.4, -0.2) is 47.8 Å². The van der Waals surface area contributed by atoms with Crippen molar-refractivity contribution in [3.63, 3.8) is 0 Å². The lowest BCUT2D eigenvalue weighted by molar-refractivity contribution is -0.0457. The first-order valence-electron chi connectivity index (χ1n) is 9.36. The minimum absolute atomic E-state index is 0.108. The summed E-state index contributed by atoms with van der Waals surface area (Å²) in [5, 5.41) is 3.02. The van der Waals surface area contributed by atoms with E-state index in [-0.39, 0.29) is 24.0 Å². The van der Waals surface area contributed by atoms with E-state index >= 15 is 0 Å². The number of nitrogens with one attached hydrogen (secondary N) is 1. The molecule has 1 saturated heterocycles. The molecule has 0 saturated carbocycles. The molecule has 1 aliphatic rings. The monoisotopic (exact) mass is 382 g/mol. The van der Waals surface area contributed by atoms with E-state index in [0.29, 0.717) is 31.1 Å². The lowest BCUT2D eigenvalue weighted by Crippen LogP contribution is -2.50. The number of carbonyl (C=O) groups is 1. The van der Waals surface area contributed by atoms with Crippen LogP contribution >= 0.6 is 0 Å². The number of amides is 1. The zero-order valence-electron chi connectivity index (χ0n) is 16.2. The molecule has 1 aromatic heterocycles. The second-order valence-corrected chi connectivity index (χ2v) is 6.95. The Bertz CT molecular complexity index is 835. The number of nitrogens with zero attached hydrogens (tertiary/aromatic N) is 2. The highest BCUT2D eigenvalue weighted by molar-refractivity contribution is 6.00. The zero-order valence-corrected chi connectivity index (χ0v) is 16.2. The number of rotatable bonds is 6. The van der Waals surface area contributed by atoms with Crippen molar-refractivity contribution in [1.82, 2.24) is 15.3 Å². The van der Waals surface area contributed by atoms with Crippen LogP contribution < -0.4 is 11.1 Å². The van der Waals surface area contributed by atoms with Gasteiger partial charge in [0.1, 0.15) is 0 Å². The Labute approximate surface area is 165 Å². The van der Waals surface area contributed by atoms with E-state index in [1.165, 1.54) is 11.8 Å².